The van der Waals surface area contributed by atoms with E-state index in [4.69, 9.17) is 13.9 Å². The topological polar surface area (TPSA) is 130 Å². The molecule has 3 aromatic rings. The van der Waals surface area contributed by atoms with Crippen molar-refractivity contribution in [3.8, 4) is 5.75 Å². The maximum atomic E-state index is 12.6. The van der Waals surface area contributed by atoms with Crippen LogP contribution >= 0.6 is 0 Å². The first-order valence-corrected chi connectivity index (χ1v) is 11.2. The molecule has 2 amide bonds. The normalized spacial score (nSPS) is 14.4. The number of hydrogen-bond donors (Lipinski definition) is 3. The highest BCUT2D eigenvalue weighted by Crippen LogP contribution is 2.22. The minimum Gasteiger partial charge on any atom is -0.484 e. The lowest BCUT2D eigenvalue weighted by atomic mass is 10.1. The minimum atomic E-state index is -1.15. The molecule has 1 fully saturated rings. The van der Waals surface area contributed by atoms with Crippen LogP contribution < -0.4 is 25.9 Å². The van der Waals surface area contributed by atoms with Gasteiger partial charge in [-0.1, -0.05) is 0 Å². The molecule has 0 bridgehead atoms. The van der Waals surface area contributed by atoms with Crippen molar-refractivity contribution in [2.24, 2.45) is 0 Å². The van der Waals surface area contributed by atoms with Gasteiger partial charge in [0.1, 0.15) is 17.4 Å². The van der Waals surface area contributed by atoms with E-state index in [0.29, 0.717) is 30.2 Å². The minimum absolute atomic E-state index is 0.326. The molecule has 1 aliphatic rings. The molecular formula is C25H27N3O7. The maximum Gasteiger partial charge on any atom is 0.336 e. The van der Waals surface area contributed by atoms with Crippen molar-refractivity contribution < 1.29 is 28.6 Å². The van der Waals surface area contributed by atoms with Gasteiger partial charge in [-0.15, -0.1) is 0 Å². The summed E-state index contributed by atoms with van der Waals surface area (Å²) in [6, 6.07) is 12.5. The zero-order valence-corrected chi connectivity index (χ0v) is 19.3. The molecule has 3 N–H and O–H groups in total. The van der Waals surface area contributed by atoms with Crippen LogP contribution in [0.4, 0.5) is 11.4 Å². The van der Waals surface area contributed by atoms with Crippen molar-refractivity contribution in [2.75, 3.05) is 49.7 Å². The summed E-state index contributed by atoms with van der Waals surface area (Å²) in [6.07, 6.45) is 0. The lowest BCUT2D eigenvalue weighted by Gasteiger charge is -2.29. The Morgan fingerprint density at radius 1 is 1.11 bits per heavy atom. The van der Waals surface area contributed by atoms with Gasteiger partial charge < -0.3 is 34.5 Å². The van der Waals surface area contributed by atoms with E-state index >= 15 is 0 Å². The Bertz CT molecular complexity index is 1250. The van der Waals surface area contributed by atoms with E-state index in [9.17, 15) is 19.5 Å². The standard InChI is InChI=1S/C25H27N3O7/c1-16-12-24(31)35-22-13-19(6-7-20(16)22)34-15-23(30)27-21(14-29)25(32)26-17-2-4-18(5-3-17)28-8-10-33-11-9-28/h2-7,12-13,21,29H,8-11,14-15H2,1H3,(H,26,32)(H,27,30)/t21-/m0/s1. The number of amides is 2. The molecule has 35 heavy (non-hydrogen) atoms. The Morgan fingerprint density at radius 3 is 2.57 bits per heavy atom. The first kappa shape index (κ1) is 24.2. The first-order chi connectivity index (χ1) is 16.9. The van der Waals surface area contributed by atoms with E-state index in [1.165, 1.54) is 12.1 Å². The fraction of sp³-hybridized carbons (Fsp3) is 0.320. The summed E-state index contributed by atoms with van der Waals surface area (Å²) >= 11 is 0. The average molecular weight is 482 g/mol. The van der Waals surface area contributed by atoms with Gasteiger partial charge in [-0.05, 0) is 48.9 Å². The number of nitrogens with one attached hydrogen (secondary N) is 2. The summed E-state index contributed by atoms with van der Waals surface area (Å²) < 4.78 is 16.0. The number of aliphatic hydroxyl groups excluding tert-OH is 1. The molecule has 184 valence electrons. The third kappa shape index (κ3) is 6.17. The number of carbonyl (C=O) groups is 2. The highest BCUT2D eigenvalue weighted by molar-refractivity contribution is 5.97. The van der Waals surface area contributed by atoms with Crippen LogP contribution in [0.2, 0.25) is 0 Å². The summed E-state index contributed by atoms with van der Waals surface area (Å²) in [5.74, 6) is -0.817. The van der Waals surface area contributed by atoms with Crippen molar-refractivity contribution in [1.82, 2.24) is 5.32 Å². The number of ether oxygens (including phenoxy) is 2. The Labute approximate surface area is 201 Å². The fourth-order valence-electron chi connectivity index (χ4n) is 3.78. The van der Waals surface area contributed by atoms with Gasteiger partial charge in [0.25, 0.3) is 5.91 Å². The van der Waals surface area contributed by atoms with Crippen LogP contribution in [-0.2, 0) is 14.3 Å². The summed E-state index contributed by atoms with van der Waals surface area (Å²) in [5, 5.41) is 15.5. The Kier molecular flexibility index (Phi) is 7.64. The number of anilines is 2. The largest absolute Gasteiger partial charge is 0.484 e. The molecule has 2 heterocycles. The van der Waals surface area contributed by atoms with E-state index in [-0.39, 0.29) is 6.61 Å². The number of aliphatic hydroxyl groups is 1. The summed E-state index contributed by atoms with van der Waals surface area (Å²) in [4.78, 5) is 38.6. The van der Waals surface area contributed by atoms with Crippen LogP contribution in [0.1, 0.15) is 5.56 Å². The van der Waals surface area contributed by atoms with Crippen LogP contribution in [0.15, 0.2) is 57.7 Å². The van der Waals surface area contributed by atoms with Gasteiger partial charge in [0, 0.05) is 42.0 Å². The molecule has 1 saturated heterocycles. The van der Waals surface area contributed by atoms with Crippen molar-refractivity contribution in [3.05, 3.63) is 64.5 Å². The van der Waals surface area contributed by atoms with Crippen LogP contribution in [0.25, 0.3) is 11.0 Å². The fourth-order valence-corrected chi connectivity index (χ4v) is 3.78. The summed E-state index contributed by atoms with van der Waals surface area (Å²) in [7, 11) is 0. The van der Waals surface area contributed by atoms with Gasteiger partial charge in [-0.3, -0.25) is 9.59 Å². The number of benzene rings is 2. The van der Waals surface area contributed by atoms with Crippen LogP contribution in [0.3, 0.4) is 0 Å². The zero-order valence-electron chi connectivity index (χ0n) is 19.3. The lowest BCUT2D eigenvalue weighted by molar-refractivity contribution is -0.128. The number of nitrogens with zero attached hydrogens (tertiary/aromatic N) is 1. The van der Waals surface area contributed by atoms with Gasteiger partial charge in [0.2, 0.25) is 5.91 Å². The van der Waals surface area contributed by atoms with Gasteiger partial charge in [-0.25, -0.2) is 4.79 Å². The smallest absolute Gasteiger partial charge is 0.336 e. The van der Waals surface area contributed by atoms with Gasteiger partial charge >= 0.3 is 5.63 Å². The highest BCUT2D eigenvalue weighted by atomic mass is 16.5. The number of rotatable bonds is 8. The monoisotopic (exact) mass is 481 g/mol. The second kappa shape index (κ2) is 11.0. The summed E-state index contributed by atoms with van der Waals surface area (Å²) in [6.45, 7) is 3.79. The first-order valence-electron chi connectivity index (χ1n) is 11.2. The highest BCUT2D eigenvalue weighted by Gasteiger charge is 2.21. The van der Waals surface area contributed by atoms with E-state index in [2.05, 4.69) is 15.5 Å². The van der Waals surface area contributed by atoms with Gasteiger partial charge in [-0.2, -0.15) is 0 Å². The van der Waals surface area contributed by atoms with Crippen molar-refractivity contribution in [3.63, 3.8) is 0 Å². The van der Waals surface area contributed by atoms with Crippen LogP contribution in [0.5, 0.6) is 5.75 Å². The third-order valence-corrected chi connectivity index (χ3v) is 5.64. The predicted molar refractivity (Wildman–Crippen MR) is 130 cm³/mol. The molecule has 0 spiro atoms. The third-order valence-electron chi connectivity index (χ3n) is 5.64. The van der Waals surface area contributed by atoms with Crippen molar-refractivity contribution >= 4 is 34.2 Å². The Hall–Kier alpha value is -3.89. The van der Waals surface area contributed by atoms with Crippen molar-refractivity contribution in [1.29, 1.82) is 0 Å². The quantitative estimate of drug-likeness (QED) is 0.412. The maximum absolute atomic E-state index is 12.6. The predicted octanol–water partition coefficient (Wildman–Crippen LogP) is 1.43. The van der Waals surface area contributed by atoms with E-state index in [1.54, 1.807) is 31.2 Å². The number of morpholine rings is 1. The van der Waals surface area contributed by atoms with E-state index in [0.717, 1.165) is 29.7 Å². The molecule has 2 aromatic carbocycles. The summed E-state index contributed by atoms with van der Waals surface area (Å²) in [5.41, 5.74) is 2.22. The van der Waals surface area contributed by atoms with Crippen LogP contribution in [0, 0.1) is 6.92 Å². The Balaban J connectivity index is 1.30. The van der Waals surface area contributed by atoms with Crippen molar-refractivity contribution in [2.45, 2.75) is 13.0 Å². The van der Waals surface area contributed by atoms with Gasteiger partial charge in [0.15, 0.2) is 6.61 Å². The number of hydrogen-bond acceptors (Lipinski definition) is 8. The number of fused-ring (bicyclic) bond motifs is 1. The average Bonchev–Trinajstić information content (AvgIpc) is 2.86. The molecule has 1 aliphatic heterocycles. The molecule has 1 atom stereocenters. The van der Waals surface area contributed by atoms with E-state index < -0.39 is 30.1 Å². The van der Waals surface area contributed by atoms with Gasteiger partial charge in [0.05, 0.1) is 19.8 Å². The number of aryl methyl sites for hydroxylation is 1. The SMILES string of the molecule is Cc1cc(=O)oc2cc(OCC(=O)N[C@@H](CO)C(=O)Nc3ccc(N4CCOCC4)cc3)ccc12. The molecule has 0 unspecified atom stereocenters. The Morgan fingerprint density at radius 2 is 1.86 bits per heavy atom. The molecule has 0 aliphatic carbocycles. The lowest BCUT2D eigenvalue weighted by Crippen LogP contribution is -2.47. The number of carbonyl (C=O) groups excluding carboxylic acids is 2. The second-order valence-corrected chi connectivity index (χ2v) is 8.13. The molecule has 0 saturated carbocycles. The second-order valence-electron chi connectivity index (χ2n) is 8.13. The molecule has 10 heteroatoms. The van der Waals surface area contributed by atoms with Crippen LogP contribution in [-0.4, -0.2) is 62.5 Å². The molecule has 10 nitrogen and oxygen atoms in total. The molecular weight excluding hydrogens is 454 g/mol. The molecule has 4 rings (SSSR count). The van der Waals surface area contributed by atoms with E-state index in [1.807, 2.05) is 12.1 Å². The zero-order chi connectivity index (χ0) is 24.8. The molecule has 1 aromatic heterocycles. The molecule has 0 radical (unpaired) electrons.